The van der Waals surface area contributed by atoms with Gasteiger partial charge in [-0.2, -0.15) is 11.8 Å². The van der Waals surface area contributed by atoms with Crippen LogP contribution in [0.4, 0.5) is 4.39 Å². The van der Waals surface area contributed by atoms with Gasteiger partial charge in [0.15, 0.2) is 11.5 Å². The number of nitrogens with zero attached hydrogens (tertiary/aromatic N) is 2. The number of carbonyl (C=O) groups is 1. The van der Waals surface area contributed by atoms with E-state index < -0.39 is 0 Å². The summed E-state index contributed by atoms with van der Waals surface area (Å²) in [5, 5.41) is 4.26. The van der Waals surface area contributed by atoms with Gasteiger partial charge in [-0.1, -0.05) is 5.16 Å². The molecular formula is C17H17FN2O3S. The number of hydrogen-bond acceptors (Lipinski definition) is 5. The van der Waals surface area contributed by atoms with Gasteiger partial charge in [0, 0.05) is 41.8 Å². The SMILES string of the molecule is O=C(c1cc(-c2ccc(F)cc2)on1)N1CCS[C@@H]2COCC[C@H]21. The van der Waals surface area contributed by atoms with Crippen LogP contribution in [-0.4, -0.2) is 52.8 Å². The van der Waals surface area contributed by atoms with Gasteiger partial charge in [0.25, 0.3) is 5.91 Å². The van der Waals surface area contributed by atoms with Crippen LogP contribution in [0.15, 0.2) is 34.9 Å². The molecule has 2 aromatic rings. The van der Waals surface area contributed by atoms with E-state index in [9.17, 15) is 9.18 Å². The second-order valence-electron chi connectivity index (χ2n) is 5.92. The molecule has 1 amide bonds. The lowest BCUT2D eigenvalue weighted by Gasteiger charge is -2.43. The minimum Gasteiger partial charge on any atom is -0.380 e. The molecule has 0 bridgehead atoms. The Hall–Kier alpha value is -1.86. The molecule has 1 aromatic heterocycles. The fourth-order valence-electron chi connectivity index (χ4n) is 3.21. The van der Waals surface area contributed by atoms with Crippen molar-refractivity contribution in [3.63, 3.8) is 0 Å². The predicted octanol–water partition coefficient (Wildman–Crippen LogP) is 2.83. The third kappa shape index (κ3) is 2.93. The Bertz CT molecular complexity index is 732. The molecule has 0 radical (unpaired) electrons. The summed E-state index contributed by atoms with van der Waals surface area (Å²) < 4.78 is 23.8. The first-order valence-corrected chi connectivity index (χ1v) is 9.00. The smallest absolute Gasteiger partial charge is 0.276 e. The first-order valence-electron chi connectivity index (χ1n) is 7.95. The Labute approximate surface area is 143 Å². The fourth-order valence-corrected chi connectivity index (χ4v) is 4.51. The van der Waals surface area contributed by atoms with Crippen LogP contribution in [0.1, 0.15) is 16.9 Å². The Kier molecular flexibility index (Phi) is 4.28. The molecule has 7 heteroatoms. The fraction of sp³-hybridized carbons (Fsp3) is 0.412. The zero-order valence-electron chi connectivity index (χ0n) is 13.0. The van der Waals surface area contributed by atoms with Crippen molar-refractivity contribution >= 4 is 17.7 Å². The van der Waals surface area contributed by atoms with Gasteiger partial charge in [-0.25, -0.2) is 4.39 Å². The van der Waals surface area contributed by atoms with Crippen LogP contribution in [0.5, 0.6) is 0 Å². The van der Waals surface area contributed by atoms with Gasteiger partial charge < -0.3 is 14.2 Å². The highest BCUT2D eigenvalue weighted by Crippen LogP contribution is 2.31. The van der Waals surface area contributed by atoms with E-state index in [0.29, 0.717) is 42.0 Å². The van der Waals surface area contributed by atoms with E-state index in [1.165, 1.54) is 12.1 Å². The molecule has 24 heavy (non-hydrogen) atoms. The van der Waals surface area contributed by atoms with Gasteiger partial charge in [-0.05, 0) is 30.7 Å². The van der Waals surface area contributed by atoms with Crippen LogP contribution in [-0.2, 0) is 4.74 Å². The van der Waals surface area contributed by atoms with Crippen LogP contribution in [0.25, 0.3) is 11.3 Å². The molecule has 2 aliphatic rings. The van der Waals surface area contributed by atoms with Gasteiger partial charge in [0.1, 0.15) is 5.82 Å². The Morgan fingerprint density at radius 1 is 1.33 bits per heavy atom. The molecule has 1 aromatic carbocycles. The highest BCUT2D eigenvalue weighted by atomic mass is 32.2. The summed E-state index contributed by atoms with van der Waals surface area (Å²) in [7, 11) is 0. The van der Waals surface area contributed by atoms with Crippen molar-refractivity contribution in [3.8, 4) is 11.3 Å². The number of fused-ring (bicyclic) bond motifs is 1. The first-order chi connectivity index (χ1) is 11.7. The minimum absolute atomic E-state index is 0.107. The highest BCUT2D eigenvalue weighted by Gasteiger charge is 2.38. The second kappa shape index (κ2) is 6.57. The average molecular weight is 348 g/mol. The summed E-state index contributed by atoms with van der Waals surface area (Å²) in [6.45, 7) is 2.09. The molecule has 126 valence electrons. The maximum atomic E-state index is 13.0. The molecule has 0 spiro atoms. The number of halogens is 1. The van der Waals surface area contributed by atoms with Crippen molar-refractivity contribution in [2.24, 2.45) is 0 Å². The molecule has 4 rings (SSSR count). The van der Waals surface area contributed by atoms with Crippen molar-refractivity contribution in [2.75, 3.05) is 25.5 Å². The number of benzene rings is 1. The van der Waals surface area contributed by atoms with E-state index >= 15 is 0 Å². The average Bonchev–Trinajstić information content (AvgIpc) is 3.11. The minimum atomic E-state index is -0.314. The number of rotatable bonds is 2. The van der Waals surface area contributed by atoms with E-state index in [4.69, 9.17) is 9.26 Å². The lowest BCUT2D eigenvalue weighted by molar-refractivity contribution is 0.0313. The number of aromatic nitrogens is 1. The van der Waals surface area contributed by atoms with Crippen LogP contribution in [0.3, 0.4) is 0 Å². The molecule has 2 fully saturated rings. The summed E-state index contributed by atoms with van der Waals surface area (Å²) in [5.41, 5.74) is 0.993. The lowest BCUT2D eigenvalue weighted by atomic mass is 10.1. The second-order valence-corrected chi connectivity index (χ2v) is 7.27. The van der Waals surface area contributed by atoms with E-state index in [-0.39, 0.29) is 17.8 Å². The van der Waals surface area contributed by atoms with E-state index in [2.05, 4.69) is 5.16 Å². The number of amides is 1. The quantitative estimate of drug-likeness (QED) is 0.835. The molecule has 0 saturated carbocycles. The summed E-state index contributed by atoms with van der Waals surface area (Å²) in [5.74, 6) is 0.947. The number of hydrogen-bond donors (Lipinski definition) is 0. The molecular weight excluding hydrogens is 331 g/mol. The zero-order valence-corrected chi connectivity index (χ0v) is 13.8. The summed E-state index contributed by atoms with van der Waals surface area (Å²) >= 11 is 1.87. The van der Waals surface area contributed by atoms with Gasteiger partial charge in [0.2, 0.25) is 0 Å². The Morgan fingerprint density at radius 3 is 3.00 bits per heavy atom. The Morgan fingerprint density at radius 2 is 2.17 bits per heavy atom. The van der Waals surface area contributed by atoms with E-state index in [1.54, 1.807) is 18.2 Å². The molecule has 0 unspecified atom stereocenters. The number of ether oxygens (including phenoxy) is 1. The molecule has 0 N–H and O–H groups in total. The van der Waals surface area contributed by atoms with Gasteiger partial charge >= 0.3 is 0 Å². The maximum Gasteiger partial charge on any atom is 0.276 e. The topological polar surface area (TPSA) is 55.6 Å². The number of carbonyl (C=O) groups excluding carboxylic acids is 1. The van der Waals surface area contributed by atoms with Crippen molar-refractivity contribution < 1.29 is 18.4 Å². The zero-order chi connectivity index (χ0) is 16.5. The summed E-state index contributed by atoms with van der Waals surface area (Å²) in [6.07, 6.45) is 0.853. The third-order valence-electron chi connectivity index (χ3n) is 4.45. The highest BCUT2D eigenvalue weighted by molar-refractivity contribution is 8.00. The van der Waals surface area contributed by atoms with Gasteiger partial charge in [-0.15, -0.1) is 0 Å². The standard InChI is InChI=1S/C17H17FN2O3S/c18-12-3-1-11(2-4-12)15-9-13(19-23-15)17(21)20-6-8-24-16-10-22-7-5-14(16)20/h1-4,9,14,16H,5-8,10H2/t14-,16-/m1/s1. The number of thioether (sulfide) groups is 1. The predicted molar refractivity (Wildman–Crippen MR) is 88.4 cm³/mol. The van der Waals surface area contributed by atoms with Crippen LogP contribution >= 0.6 is 11.8 Å². The third-order valence-corrected chi connectivity index (χ3v) is 5.75. The van der Waals surface area contributed by atoms with Gasteiger partial charge in [0.05, 0.1) is 6.61 Å². The molecule has 2 atom stereocenters. The molecule has 5 nitrogen and oxygen atoms in total. The van der Waals surface area contributed by atoms with Crippen LogP contribution in [0.2, 0.25) is 0 Å². The van der Waals surface area contributed by atoms with E-state index in [0.717, 1.165) is 12.2 Å². The van der Waals surface area contributed by atoms with Crippen molar-refractivity contribution in [1.29, 1.82) is 0 Å². The normalized spacial score (nSPS) is 23.8. The first kappa shape index (κ1) is 15.7. The Balaban J connectivity index is 1.55. The monoisotopic (exact) mass is 348 g/mol. The largest absolute Gasteiger partial charge is 0.380 e. The van der Waals surface area contributed by atoms with Crippen LogP contribution < -0.4 is 0 Å². The van der Waals surface area contributed by atoms with Gasteiger partial charge in [-0.3, -0.25) is 4.79 Å². The van der Waals surface area contributed by atoms with E-state index in [1.807, 2.05) is 16.7 Å². The molecule has 3 heterocycles. The molecule has 0 aliphatic carbocycles. The van der Waals surface area contributed by atoms with Crippen molar-refractivity contribution in [3.05, 3.63) is 41.8 Å². The lowest BCUT2D eigenvalue weighted by Crippen LogP contribution is -2.54. The van der Waals surface area contributed by atoms with Crippen molar-refractivity contribution in [2.45, 2.75) is 17.7 Å². The van der Waals surface area contributed by atoms with Crippen LogP contribution in [0, 0.1) is 5.82 Å². The maximum absolute atomic E-state index is 13.0. The summed E-state index contributed by atoms with van der Waals surface area (Å²) in [4.78, 5) is 14.7. The molecule has 2 saturated heterocycles. The summed E-state index contributed by atoms with van der Waals surface area (Å²) in [6, 6.07) is 7.75. The van der Waals surface area contributed by atoms with Crippen molar-refractivity contribution in [1.82, 2.24) is 10.1 Å². The molecule has 2 aliphatic heterocycles.